The van der Waals surface area contributed by atoms with Crippen LogP contribution in [0.2, 0.25) is 0 Å². The van der Waals surface area contributed by atoms with Crippen molar-refractivity contribution in [1.29, 1.82) is 0 Å². The van der Waals surface area contributed by atoms with Crippen molar-refractivity contribution in [1.82, 2.24) is 9.97 Å². The second kappa shape index (κ2) is 7.76. The third kappa shape index (κ3) is 4.13. The second-order valence-corrected chi connectivity index (χ2v) is 5.89. The summed E-state index contributed by atoms with van der Waals surface area (Å²) in [5.41, 5.74) is 1.90. The number of ether oxygens (including phenoxy) is 1. The normalized spacial score (nSPS) is 10.2. The maximum absolute atomic E-state index is 11.9. The van der Waals surface area contributed by atoms with E-state index in [4.69, 9.17) is 4.74 Å². The van der Waals surface area contributed by atoms with Gasteiger partial charge in [-0.1, -0.05) is 24.3 Å². The van der Waals surface area contributed by atoms with E-state index in [9.17, 15) is 4.79 Å². The summed E-state index contributed by atoms with van der Waals surface area (Å²) >= 11 is 3.47. The summed E-state index contributed by atoms with van der Waals surface area (Å²) in [6.07, 6.45) is 1.63. The number of carbonyl (C=O) groups excluding carboxylic acids is 1. The third-order valence-corrected chi connectivity index (χ3v) is 4.06. The van der Waals surface area contributed by atoms with Crippen LogP contribution in [0.3, 0.4) is 0 Å². The molecule has 1 heterocycles. The van der Waals surface area contributed by atoms with Gasteiger partial charge in [-0.15, -0.1) is 0 Å². The molecule has 0 aliphatic rings. The topological polar surface area (TPSA) is 76.1 Å². The Morgan fingerprint density at radius 2 is 1.72 bits per heavy atom. The van der Waals surface area contributed by atoms with E-state index in [-0.39, 0.29) is 0 Å². The largest absolute Gasteiger partial charge is 0.465 e. The lowest BCUT2D eigenvalue weighted by molar-refractivity contribution is 0.0602. The average Bonchev–Trinajstić information content (AvgIpc) is 2.64. The maximum atomic E-state index is 11.9. The van der Waals surface area contributed by atoms with Gasteiger partial charge in [-0.25, -0.2) is 9.78 Å². The molecule has 6 nitrogen and oxygen atoms in total. The number of carbonyl (C=O) groups is 1. The van der Waals surface area contributed by atoms with E-state index in [1.54, 1.807) is 30.5 Å². The van der Waals surface area contributed by atoms with Gasteiger partial charge < -0.3 is 15.4 Å². The zero-order valence-corrected chi connectivity index (χ0v) is 14.9. The molecule has 0 saturated carbocycles. The Labute approximate surface area is 153 Å². The lowest BCUT2D eigenvalue weighted by Gasteiger charge is -2.11. The van der Waals surface area contributed by atoms with Crippen molar-refractivity contribution in [2.45, 2.75) is 0 Å². The summed E-state index contributed by atoms with van der Waals surface area (Å²) < 4.78 is 5.71. The smallest absolute Gasteiger partial charge is 0.339 e. The highest BCUT2D eigenvalue weighted by Gasteiger charge is 2.12. The predicted molar refractivity (Wildman–Crippen MR) is 101 cm³/mol. The summed E-state index contributed by atoms with van der Waals surface area (Å²) in [4.78, 5) is 20.5. The van der Waals surface area contributed by atoms with Gasteiger partial charge in [0.15, 0.2) is 0 Å². The molecule has 0 saturated heterocycles. The molecule has 7 heteroatoms. The average molecular weight is 399 g/mol. The quantitative estimate of drug-likeness (QED) is 0.615. The second-order valence-electron chi connectivity index (χ2n) is 5.03. The first-order valence-electron chi connectivity index (χ1n) is 7.46. The zero-order chi connectivity index (χ0) is 17.6. The first kappa shape index (κ1) is 16.9. The molecule has 0 amide bonds. The number of methoxy groups -OCH3 is 1. The maximum Gasteiger partial charge on any atom is 0.339 e. The number of esters is 1. The highest BCUT2D eigenvalue weighted by molar-refractivity contribution is 9.10. The first-order chi connectivity index (χ1) is 12.2. The number of para-hydroxylation sites is 2. The molecule has 1 aromatic heterocycles. The van der Waals surface area contributed by atoms with Gasteiger partial charge in [0.2, 0.25) is 5.95 Å². The molecule has 3 rings (SSSR count). The fraction of sp³-hybridized carbons (Fsp3) is 0.0556. The van der Waals surface area contributed by atoms with Crippen LogP contribution >= 0.6 is 15.9 Å². The van der Waals surface area contributed by atoms with Crippen LogP contribution in [-0.4, -0.2) is 23.0 Å². The van der Waals surface area contributed by atoms with Crippen LogP contribution in [0.4, 0.5) is 23.1 Å². The van der Waals surface area contributed by atoms with Crippen LogP contribution in [0, 0.1) is 0 Å². The molecule has 0 atom stereocenters. The number of anilines is 4. The molecule has 0 aliphatic carbocycles. The monoisotopic (exact) mass is 398 g/mol. The highest BCUT2D eigenvalue weighted by atomic mass is 79.9. The SMILES string of the molecule is COC(=O)c1ccccc1Nc1ccnc(Nc2ccccc2Br)n1. The van der Waals surface area contributed by atoms with Crippen LogP contribution in [-0.2, 0) is 4.74 Å². The fourth-order valence-electron chi connectivity index (χ4n) is 2.19. The summed E-state index contributed by atoms with van der Waals surface area (Å²) in [6.45, 7) is 0. The number of halogens is 1. The molecular weight excluding hydrogens is 384 g/mol. The van der Waals surface area contributed by atoms with Crippen molar-refractivity contribution in [3.8, 4) is 0 Å². The van der Waals surface area contributed by atoms with Crippen LogP contribution in [0.1, 0.15) is 10.4 Å². The van der Waals surface area contributed by atoms with E-state index in [0.29, 0.717) is 23.0 Å². The molecule has 0 unspecified atom stereocenters. The van der Waals surface area contributed by atoms with E-state index >= 15 is 0 Å². The molecule has 2 aromatic carbocycles. The van der Waals surface area contributed by atoms with Gasteiger partial charge in [-0.05, 0) is 46.3 Å². The zero-order valence-electron chi connectivity index (χ0n) is 13.4. The molecular formula is C18H15BrN4O2. The van der Waals surface area contributed by atoms with Crippen molar-refractivity contribution in [2.24, 2.45) is 0 Å². The summed E-state index contributed by atoms with van der Waals surface area (Å²) in [6, 6.07) is 16.5. The summed E-state index contributed by atoms with van der Waals surface area (Å²) in [7, 11) is 1.35. The number of rotatable bonds is 5. The van der Waals surface area contributed by atoms with Crippen LogP contribution < -0.4 is 10.6 Å². The summed E-state index contributed by atoms with van der Waals surface area (Å²) in [5, 5.41) is 6.27. The van der Waals surface area contributed by atoms with E-state index in [2.05, 4.69) is 36.5 Å². The van der Waals surface area contributed by atoms with Crippen LogP contribution in [0.25, 0.3) is 0 Å². The molecule has 0 fully saturated rings. The van der Waals surface area contributed by atoms with Gasteiger partial charge in [0.1, 0.15) is 5.82 Å². The Morgan fingerprint density at radius 1 is 1.00 bits per heavy atom. The highest BCUT2D eigenvalue weighted by Crippen LogP contribution is 2.25. The van der Waals surface area contributed by atoms with Crippen molar-refractivity contribution in [2.75, 3.05) is 17.7 Å². The van der Waals surface area contributed by atoms with E-state index in [0.717, 1.165) is 10.2 Å². The molecule has 0 bridgehead atoms. The van der Waals surface area contributed by atoms with Crippen molar-refractivity contribution in [3.63, 3.8) is 0 Å². The lowest BCUT2D eigenvalue weighted by Crippen LogP contribution is -2.06. The molecule has 126 valence electrons. The van der Waals surface area contributed by atoms with E-state index in [1.165, 1.54) is 7.11 Å². The van der Waals surface area contributed by atoms with Crippen molar-refractivity contribution < 1.29 is 9.53 Å². The Hall–Kier alpha value is -2.93. The first-order valence-corrected chi connectivity index (χ1v) is 8.25. The minimum atomic E-state index is -0.413. The van der Waals surface area contributed by atoms with Gasteiger partial charge in [-0.2, -0.15) is 4.98 Å². The molecule has 0 radical (unpaired) electrons. The number of nitrogens with one attached hydrogen (secondary N) is 2. The van der Waals surface area contributed by atoms with Crippen LogP contribution in [0.5, 0.6) is 0 Å². The van der Waals surface area contributed by atoms with Gasteiger partial charge >= 0.3 is 5.97 Å². The molecule has 3 aromatic rings. The summed E-state index contributed by atoms with van der Waals surface area (Å²) in [5.74, 6) is 0.581. The minimum absolute atomic E-state index is 0.413. The van der Waals surface area contributed by atoms with Crippen molar-refractivity contribution >= 4 is 45.0 Å². The number of benzene rings is 2. The lowest BCUT2D eigenvalue weighted by atomic mass is 10.2. The Morgan fingerprint density at radius 3 is 2.48 bits per heavy atom. The Balaban J connectivity index is 1.84. The van der Waals surface area contributed by atoms with Gasteiger partial charge in [0, 0.05) is 10.7 Å². The Bertz CT molecular complexity index is 902. The van der Waals surface area contributed by atoms with E-state index < -0.39 is 5.97 Å². The molecule has 2 N–H and O–H groups in total. The molecule has 0 spiro atoms. The predicted octanol–water partition coefficient (Wildman–Crippen LogP) is 4.51. The molecule has 0 aliphatic heterocycles. The van der Waals surface area contributed by atoms with Gasteiger partial charge in [0.05, 0.1) is 24.0 Å². The van der Waals surface area contributed by atoms with Crippen molar-refractivity contribution in [3.05, 3.63) is 70.8 Å². The van der Waals surface area contributed by atoms with Gasteiger partial charge in [0.25, 0.3) is 0 Å². The number of nitrogens with zero attached hydrogens (tertiary/aromatic N) is 2. The third-order valence-electron chi connectivity index (χ3n) is 3.37. The van der Waals surface area contributed by atoms with E-state index in [1.807, 2.05) is 30.3 Å². The number of aromatic nitrogens is 2. The van der Waals surface area contributed by atoms with Crippen LogP contribution in [0.15, 0.2) is 65.3 Å². The standard InChI is InChI=1S/C18H15BrN4O2/c1-25-17(24)12-6-2-4-8-14(12)21-16-10-11-20-18(23-16)22-15-9-5-3-7-13(15)19/h2-11H,1H3,(H2,20,21,22,23). The Kier molecular flexibility index (Phi) is 5.25. The minimum Gasteiger partial charge on any atom is -0.465 e. The molecule has 25 heavy (non-hydrogen) atoms. The fourth-order valence-corrected chi connectivity index (χ4v) is 2.57. The number of hydrogen-bond donors (Lipinski definition) is 2. The van der Waals surface area contributed by atoms with Gasteiger partial charge in [-0.3, -0.25) is 0 Å². The number of hydrogen-bond acceptors (Lipinski definition) is 6.